The van der Waals surface area contributed by atoms with Gasteiger partial charge in [-0.05, 0) is 37.1 Å². The average Bonchev–Trinajstić information content (AvgIpc) is 3.38. The van der Waals surface area contributed by atoms with Crippen LogP contribution in [-0.4, -0.2) is 49.0 Å². The van der Waals surface area contributed by atoms with Crippen LogP contribution in [0.15, 0.2) is 54.7 Å². The zero-order valence-corrected chi connectivity index (χ0v) is 18.0. The van der Waals surface area contributed by atoms with E-state index in [2.05, 4.69) is 20.6 Å². The van der Waals surface area contributed by atoms with Crippen molar-refractivity contribution in [3.05, 3.63) is 54.7 Å². The van der Waals surface area contributed by atoms with Gasteiger partial charge in [0.2, 0.25) is 5.95 Å². The summed E-state index contributed by atoms with van der Waals surface area (Å²) in [6.07, 6.45) is 2.33. The lowest BCUT2D eigenvalue weighted by Crippen LogP contribution is -2.18. The molecule has 3 unspecified atom stereocenters. The van der Waals surface area contributed by atoms with E-state index in [9.17, 15) is 15.3 Å². The molecule has 2 heterocycles. The fourth-order valence-electron chi connectivity index (χ4n) is 4.01. The highest BCUT2D eigenvalue weighted by atomic mass is 32.1. The van der Waals surface area contributed by atoms with Crippen molar-refractivity contribution in [1.29, 1.82) is 0 Å². The topological polar surface area (TPSA) is 123 Å². The van der Waals surface area contributed by atoms with Gasteiger partial charge in [0.05, 0.1) is 27.6 Å². The van der Waals surface area contributed by atoms with Crippen LogP contribution in [-0.2, 0) is 0 Å². The fraction of sp³-hybridized carbons (Fsp3) is 0.261. The fourth-order valence-corrected chi connectivity index (χ4v) is 4.98. The second-order valence-corrected chi connectivity index (χ2v) is 8.94. The number of phenols is 1. The molecule has 0 saturated heterocycles. The van der Waals surface area contributed by atoms with E-state index in [1.807, 2.05) is 30.3 Å². The molecule has 164 valence electrons. The molecule has 0 bridgehead atoms. The van der Waals surface area contributed by atoms with Gasteiger partial charge < -0.3 is 26.0 Å². The Morgan fingerprint density at radius 3 is 2.62 bits per heavy atom. The van der Waals surface area contributed by atoms with Crippen LogP contribution in [0.1, 0.15) is 12.8 Å². The van der Waals surface area contributed by atoms with Crippen molar-refractivity contribution in [2.24, 2.45) is 5.92 Å². The van der Waals surface area contributed by atoms with Gasteiger partial charge in [0.15, 0.2) is 0 Å². The first kappa shape index (κ1) is 20.6. The van der Waals surface area contributed by atoms with E-state index in [1.54, 1.807) is 35.7 Å². The van der Waals surface area contributed by atoms with Gasteiger partial charge in [0.1, 0.15) is 16.6 Å². The van der Waals surface area contributed by atoms with Crippen molar-refractivity contribution in [3.8, 4) is 16.3 Å². The molecule has 0 spiro atoms. The molecule has 1 saturated carbocycles. The Hall–Kier alpha value is -3.27. The highest BCUT2D eigenvalue weighted by Gasteiger charge is 2.33. The molecule has 0 radical (unpaired) electrons. The van der Waals surface area contributed by atoms with E-state index in [0.717, 1.165) is 20.8 Å². The highest BCUT2D eigenvalue weighted by Crippen LogP contribution is 2.36. The number of hydrogen-bond donors (Lipinski definition) is 5. The van der Waals surface area contributed by atoms with Crippen molar-refractivity contribution in [2.45, 2.75) is 25.0 Å². The molecular formula is C23H23N5O3S. The average molecular weight is 450 g/mol. The van der Waals surface area contributed by atoms with Gasteiger partial charge in [-0.25, -0.2) is 9.97 Å². The number of fused-ring (bicyclic) bond motifs is 1. The van der Waals surface area contributed by atoms with Crippen molar-refractivity contribution in [1.82, 2.24) is 15.0 Å². The number of para-hydroxylation sites is 3. The summed E-state index contributed by atoms with van der Waals surface area (Å²) in [5.74, 6) is 0.869. The number of phenolic OH excluding ortho intramolecular Hbond substituents is 1. The number of aliphatic hydroxyl groups is 2. The van der Waals surface area contributed by atoms with Crippen LogP contribution in [0.2, 0.25) is 0 Å². The van der Waals surface area contributed by atoms with E-state index in [4.69, 9.17) is 4.98 Å². The summed E-state index contributed by atoms with van der Waals surface area (Å²) < 4.78 is 1.07. The number of anilines is 3. The number of aromatic hydroxyl groups is 1. The van der Waals surface area contributed by atoms with E-state index in [-0.39, 0.29) is 24.3 Å². The van der Waals surface area contributed by atoms with Gasteiger partial charge in [-0.1, -0.05) is 24.3 Å². The van der Waals surface area contributed by atoms with Gasteiger partial charge in [0.25, 0.3) is 0 Å². The third-order valence-electron chi connectivity index (χ3n) is 5.70. The molecule has 4 aromatic rings. The zero-order valence-electron chi connectivity index (χ0n) is 17.1. The van der Waals surface area contributed by atoms with E-state index >= 15 is 0 Å². The number of thiazole rings is 1. The van der Waals surface area contributed by atoms with Crippen LogP contribution >= 0.6 is 11.3 Å². The van der Waals surface area contributed by atoms with Crippen LogP contribution in [0.25, 0.3) is 20.8 Å². The minimum absolute atomic E-state index is 0.0387. The quantitative estimate of drug-likeness (QED) is 0.282. The lowest BCUT2D eigenvalue weighted by molar-refractivity contribution is 0.0908. The third kappa shape index (κ3) is 4.10. The predicted molar refractivity (Wildman–Crippen MR) is 125 cm³/mol. The number of benzene rings is 2. The molecule has 8 nitrogen and oxygen atoms in total. The maximum absolute atomic E-state index is 10.2. The van der Waals surface area contributed by atoms with E-state index in [1.165, 1.54) is 0 Å². The molecular weight excluding hydrogens is 426 g/mol. The van der Waals surface area contributed by atoms with Crippen LogP contribution < -0.4 is 10.6 Å². The molecule has 9 heteroatoms. The summed E-state index contributed by atoms with van der Waals surface area (Å²) in [4.78, 5) is 13.9. The monoisotopic (exact) mass is 449 g/mol. The molecule has 32 heavy (non-hydrogen) atoms. The van der Waals surface area contributed by atoms with Crippen LogP contribution in [0.4, 0.5) is 17.5 Å². The minimum Gasteiger partial charge on any atom is -0.506 e. The molecule has 0 amide bonds. The maximum atomic E-state index is 10.2. The standard InChI is InChI=1S/C23H23N5O3S/c29-12-13-9-14(10-19(13)31)25-21-15(22-26-17-6-2-4-8-20(17)32-22)11-24-23(28-21)27-16-5-1-3-7-18(16)30/h1-8,11,13-14,19,29-31H,9-10,12H2,(H2,24,25,27,28). The van der Waals surface area contributed by atoms with Crippen molar-refractivity contribution in [3.63, 3.8) is 0 Å². The van der Waals surface area contributed by atoms with Crippen LogP contribution in [0, 0.1) is 5.92 Å². The second kappa shape index (κ2) is 8.70. The first-order valence-electron chi connectivity index (χ1n) is 10.4. The van der Waals surface area contributed by atoms with Gasteiger partial charge in [-0.3, -0.25) is 0 Å². The van der Waals surface area contributed by atoms with Crippen molar-refractivity contribution >= 4 is 39.0 Å². The Morgan fingerprint density at radius 1 is 1.03 bits per heavy atom. The molecule has 1 fully saturated rings. The molecule has 5 rings (SSSR count). The number of hydrogen-bond acceptors (Lipinski definition) is 9. The number of aromatic nitrogens is 3. The molecule has 3 atom stereocenters. The Morgan fingerprint density at radius 2 is 1.84 bits per heavy atom. The van der Waals surface area contributed by atoms with Crippen molar-refractivity contribution in [2.75, 3.05) is 17.2 Å². The minimum atomic E-state index is -0.552. The summed E-state index contributed by atoms with van der Waals surface area (Å²) in [5.41, 5.74) is 2.17. The summed E-state index contributed by atoms with van der Waals surface area (Å²) in [6, 6.07) is 14.8. The summed E-state index contributed by atoms with van der Waals surface area (Å²) in [7, 11) is 0. The predicted octanol–water partition coefficient (Wildman–Crippen LogP) is 3.75. The van der Waals surface area contributed by atoms with E-state index in [0.29, 0.717) is 30.3 Å². The number of rotatable bonds is 6. The Bertz CT molecular complexity index is 1210. The molecule has 2 aromatic heterocycles. The third-order valence-corrected chi connectivity index (χ3v) is 6.77. The SMILES string of the molecule is OCC1CC(Nc2nc(Nc3ccccc3O)ncc2-c2nc3ccccc3s2)CC1O. The summed E-state index contributed by atoms with van der Waals surface area (Å²) >= 11 is 1.56. The summed E-state index contributed by atoms with van der Waals surface area (Å²) in [5, 5.41) is 37.1. The van der Waals surface area contributed by atoms with Crippen LogP contribution in [0.3, 0.4) is 0 Å². The van der Waals surface area contributed by atoms with Gasteiger partial charge in [-0.15, -0.1) is 11.3 Å². The molecule has 2 aromatic carbocycles. The number of aliphatic hydroxyl groups excluding tert-OH is 2. The number of nitrogens with zero attached hydrogens (tertiary/aromatic N) is 3. The van der Waals surface area contributed by atoms with E-state index < -0.39 is 6.10 Å². The lowest BCUT2D eigenvalue weighted by Gasteiger charge is -2.17. The van der Waals surface area contributed by atoms with Gasteiger partial charge in [0, 0.05) is 24.8 Å². The Labute approximate surface area is 188 Å². The Balaban J connectivity index is 1.51. The first-order chi connectivity index (χ1) is 15.6. The van der Waals surface area contributed by atoms with Gasteiger partial charge >= 0.3 is 0 Å². The molecule has 1 aliphatic carbocycles. The number of nitrogens with one attached hydrogen (secondary N) is 2. The first-order valence-corrected chi connectivity index (χ1v) is 11.3. The second-order valence-electron chi connectivity index (χ2n) is 7.91. The van der Waals surface area contributed by atoms with Crippen LogP contribution in [0.5, 0.6) is 5.75 Å². The summed E-state index contributed by atoms with van der Waals surface area (Å²) in [6.45, 7) is -0.0477. The molecule has 1 aliphatic rings. The maximum Gasteiger partial charge on any atom is 0.229 e. The normalized spacial score (nSPS) is 20.5. The lowest BCUT2D eigenvalue weighted by atomic mass is 10.1. The smallest absolute Gasteiger partial charge is 0.229 e. The van der Waals surface area contributed by atoms with Crippen molar-refractivity contribution < 1.29 is 15.3 Å². The Kier molecular flexibility index (Phi) is 5.60. The van der Waals surface area contributed by atoms with Gasteiger partial charge in [-0.2, -0.15) is 4.98 Å². The molecule has 5 N–H and O–H groups in total. The largest absolute Gasteiger partial charge is 0.506 e. The highest BCUT2D eigenvalue weighted by molar-refractivity contribution is 7.21. The zero-order chi connectivity index (χ0) is 22.1. The molecule has 0 aliphatic heterocycles.